The van der Waals surface area contributed by atoms with Gasteiger partial charge >= 0.3 is 0 Å². The zero-order chi connectivity index (χ0) is 12.2. The molecular formula is C12H22ClNO2. The highest BCUT2D eigenvalue weighted by atomic mass is 35.5. The summed E-state index contributed by atoms with van der Waals surface area (Å²) in [6.07, 6.45) is 2.60. The van der Waals surface area contributed by atoms with Crippen LogP contribution in [0.25, 0.3) is 0 Å². The molecule has 1 aliphatic carbocycles. The van der Waals surface area contributed by atoms with E-state index < -0.39 is 5.41 Å². The fraction of sp³-hybridized carbons (Fsp3) is 0.917. The van der Waals surface area contributed by atoms with Crippen LogP contribution in [-0.2, 0) is 9.53 Å². The highest BCUT2D eigenvalue weighted by Crippen LogP contribution is 2.28. The van der Waals surface area contributed by atoms with Gasteiger partial charge in [-0.15, -0.1) is 11.6 Å². The molecule has 1 saturated carbocycles. The van der Waals surface area contributed by atoms with Crippen molar-refractivity contribution in [1.29, 1.82) is 0 Å². The molecule has 1 aliphatic rings. The average molecular weight is 248 g/mol. The van der Waals surface area contributed by atoms with Gasteiger partial charge in [-0.3, -0.25) is 4.79 Å². The Morgan fingerprint density at radius 1 is 1.50 bits per heavy atom. The summed E-state index contributed by atoms with van der Waals surface area (Å²) in [6, 6.07) is 0. The SMILES string of the molecule is CN(CCOCC1CC1)C(=O)C(C)(C)CCl. The summed E-state index contributed by atoms with van der Waals surface area (Å²) in [5.41, 5.74) is -0.479. The zero-order valence-electron chi connectivity index (χ0n) is 10.5. The van der Waals surface area contributed by atoms with Crippen LogP contribution in [0, 0.1) is 11.3 Å². The number of carbonyl (C=O) groups excluding carboxylic acids is 1. The highest BCUT2D eigenvalue weighted by Gasteiger charge is 2.29. The number of alkyl halides is 1. The molecular weight excluding hydrogens is 226 g/mol. The Balaban J connectivity index is 2.17. The van der Waals surface area contributed by atoms with Crippen LogP contribution in [0.1, 0.15) is 26.7 Å². The van der Waals surface area contributed by atoms with E-state index in [1.807, 2.05) is 13.8 Å². The van der Waals surface area contributed by atoms with E-state index in [2.05, 4.69) is 0 Å². The smallest absolute Gasteiger partial charge is 0.229 e. The number of nitrogens with zero attached hydrogens (tertiary/aromatic N) is 1. The van der Waals surface area contributed by atoms with Crippen LogP contribution in [0.15, 0.2) is 0 Å². The summed E-state index contributed by atoms with van der Waals surface area (Å²) in [4.78, 5) is 13.6. The monoisotopic (exact) mass is 247 g/mol. The van der Waals surface area contributed by atoms with Gasteiger partial charge in [0.15, 0.2) is 0 Å². The first-order valence-electron chi connectivity index (χ1n) is 5.86. The van der Waals surface area contributed by atoms with Crippen LogP contribution in [0.2, 0.25) is 0 Å². The van der Waals surface area contributed by atoms with Crippen molar-refractivity contribution in [3.8, 4) is 0 Å². The second-order valence-electron chi connectivity index (χ2n) is 5.26. The van der Waals surface area contributed by atoms with Gasteiger partial charge in [0, 0.05) is 26.1 Å². The average Bonchev–Trinajstić information content (AvgIpc) is 3.06. The van der Waals surface area contributed by atoms with Crippen LogP contribution in [0.4, 0.5) is 0 Å². The van der Waals surface area contributed by atoms with Crippen molar-refractivity contribution in [2.45, 2.75) is 26.7 Å². The van der Waals surface area contributed by atoms with Gasteiger partial charge in [0.05, 0.1) is 12.0 Å². The van der Waals surface area contributed by atoms with Gasteiger partial charge in [-0.25, -0.2) is 0 Å². The van der Waals surface area contributed by atoms with E-state index in [0.717, 1.165) is 12.5 Å². The second-order valence-corrected chi connectivity index (χ2v) is 5.53. The van der Waals surface area contributed by atoms with Gasteiger partial charge < -0.3 is 9.64 Å². The Morgan fingerprint density at radius 3 is 2.62 bits per heavy atom. The van der Waals surface area contributed by atoms with Crippen LogP contribution >= 0.6 is 11.6 Å². The molecule has 16 heavy (non-hydrogen) atoms. The first-order chi connectivity index (χ1) is 7.47. The van der Waals surface area contributed by atoms with Crippen LogP contribution in [-0.4, -0.2) is 43.5 Å². The molecule has 0 spiro atoms. The third kappa shape index (κ3) is 4.30. The molecule has 0 aliphatic heterocycles. The molecule has 0 bridgehead atoms. The lowest BCUT2D eigenvalue weighted by molar-refractivity contribution is -0.138. The molecule has 1 rings (SSSR count). The Kier molecular flexibility index (Phi) is 5.06. The summed E-state index contributed by atoms with van der Waals surface area (Å²) in [5.74, 6) is 1.21. The van der Waals surface area contributed by atoms with Gasteiger partial charge in [0.1, 0.15) is 0 Å². The maximum Gasteiger partial charge on any atom is 0.229 e. The fourth-order valence-corrected chi connectivity index (χ4v) is 1.53. The predicted molar refractivity (Wildman–Crippen MR) is 65.7 cm³/mol. The Morgan fingerprint density at radius 2 is 2.12 bits per heavy atom. The van der Waals surface area contributed by atoms with Crippen molar-refractivity contribution in [3.63, 3.8) is 0 Å². The van der Waals surface area contributed by atoms with Crippen LogP contribution in [0.5, 0.6) is 0 Å². The summed E-state index contributed by atoms with van der Waals surface area (Å²) < 4.78 is 5.50. The van der Waals surface area contributed by atoms with Gasteiger partial charge in [-0.2, -0.15) is 0 Å². The lowest BCUT2D eigenvalue weighted by Crippen LogP contribution is -2.41. The molecule has 1 fully saturated rings. The van der Waals surface area contributed by atoms with Gasteiger partial charge in [-0.05, 0) is 32.6 Å². The van der Waals surface area contributed by atoms with Crippen molar-refractivity contribution in [3.05, 3.63) is 0 Å². The minimum absolute atomic E-state index is 0.0810. The van der Waals surface area contributed by atoms with Crippen molar-refractivity contribution >= 4 is 17.5 Å². The van der Waals surface area contributed by atoms with E-state index in [9.17, 15) is 4.79 Å². The lowest BCUT2D eigenvalue weighted by atomic mass is 9.94. The summed E-state index contributed by atoms with van der Waals surface area (Å²) in [6.45, 7) is 5.84. The molecule has 4 heteroatoms. The molecule has 0 radical (unpaired) electrons. The molecule has 0 aromatic carbocycles. The number of carbonyl (C=O) groups is 1. The van der Waals surface area contributed by atoms with Crippen LogP contribution in [0.3, 0.4) is 0 Å². The number of rotatable bonds is 7. The molecule has 0 unspecified atom stereocenters. The van der Waals surface area contributed by atoms with E-state index in [-0.39, 0.29) is 5.91 Å². The number of ether oxygens (including phenoxy) is 1. The molecule has 1 amide bonds. The molecule has 94 valence electrons. The van der Waals surface area contributed by atoms with Crippen molar-refractivity contribution in [1.82, 2.24) is 4.90 Å². The second kappa shape index (κ2) is 5.87. The molecule has 0 aromatic heterocycles. The predicted octanol–water partition coefficient (Wildman–Crippen LogP) is 2.14. The molecule has 0 atom stereocenters. The van der Waals surface area contributed by atoms with Crippen LogP contribution < -0.4 is 0 Å². The minimum atomic E-state index is -0.479. The van der Waals surface area contributed by atoms with Crippen molar-refractivity contribution in [2.24, 2.45) is 11.3 Å². The van der Waals surface area contributed by atoms with E-state index in [4.69, 9.17) is 16.3 Å². The van der Waals surface area contributed by atoms with Gasteiger partial charge in [-0.1, -0.05) is 0 Å². The third-order valence-electron chi connectivity index (χ3n) is 2.88. The summed E-state index contributed by atoms with van der Waals surface area (Å²) in [7, 11) is 1.80. The molecule has 0 saturated heterocycles. The van der Waals surface area contributed by atoms with Crippen molar-refractivity contribution in [2.75, 3.05) is 32.7 Å². The van der Waals surface area contributed by atoms with E-state index >= 15 is 0 Å². The molecule has 3 nitrogen and oxygen atoms in total. The molecule has 0 aromatic rings. The largest absolute Gasteiger partial charge is 0.379 e. The fourth-order valence-electron chi connectivity index (χ4n) is 1.41. The highest BCUT2D eigenvalue weighted by molar-refractivity contribution is 6.19. The number of hydrogen-bond donors (Lipinski definition) is 0. The maximum atomic E-state index is 11.9. The third-order valence-corrected chi connectivity index (χ3v) is 3.55. The number of likely N-dealkylation sites (N-methyl/N-ethyl adjacent to an activating group) is 1. The Labute approximate surface area is 103 Å². The topological polar surface area (TPSA) is 29.5 Å². The number of hydrogen-bond acceptors (Lipinski definition) is 2. The van der Waals surface area contributed by atoms with Crippen molar-refractivity contribution < 1.29 is 9.53 Å². The summed E-state index contributed by atoms with van der Waals surface area (Å²) >= 11 is 5.76. The minimum Gasteiger partial charge on any atom is -0.379 e. The van der Waals surface area contributed by atoms with E-state index in [1.54, 1.807) is 11.9 Å². The first kappa shape index (κ1) is 13.8. The number of amides is 1. The van der Waals surface area contributed by atoms with E-state index in [0.29, 0.717) is 19.0 Å². The zero-order valence-corrected chi connectivity index (χ0v) is 11.2. The lowest BCUT2D eigenvalue weighted by Gasteiger charge is -2.27. The van der Waals surface area contributed by atoms with E-state index in [1.165, 1.54) is 12.8 Å². The molecule has 0 heterocycles. The standard InChI is InChI=1S/C12H22ClNO2/c1-12(2,9-13)11(15)14(3)6-7-16-8-10-4-5-10/h10H,4-9H2,1-3H3. The molecule has 0 N–H and O–H groups in total. The Bertz CT molecular complexity index is 239. The number of halogens is 1. The maximum absolute atomic E-state index is 11.9. The van der Waals surface area contributed by atoms with Gasteiger partial charge in [0.2, 0.25) is 5.91 Å². The normalized spacial score (nSPS) is 16.2. The van der Waals surface area contributed by atoms with Gasteiger partial charge in [0.25, 0.3) is 0 Å². The quantitative estimate of drug-likeness (QED) is 0.510. The first-order valence-corrected chi connectivity index (χ1v) is 6.40. The Hall–Kier alpha value is -0.280. The summed E-state index contributed by atoms with van der Waals surface area (Å²) in [5, 5.41) is 0.